The first-order valence-corrected chi connectivity index (χ1v) is 11.2. The number of aliphatic carboxylic acids is 2. The molecule has 0 aliphatic carbocycles. The maximum absolute atomic E-state index is 12.5. The Kier molecular flexibility index (Phi) is 11.9. The Hall–Kier alpha value is -3.17. The van der Waals surface area contributed by atoms with Gasteiger partial charge in [-0.2, -0.15) is 11.8 Å². The summed E-state index contributed by atoms with van der Waals surface area (Å²) in [6.07, 6.45) is 3.87. The Morgan fingerprint density at radius 2 is 1.67 bits per heavy atom. The van der Waals surface area contributed by atoms with Crippen LogP contribution in [0.4, 0.5) is 0 Å². The number of aromatic amines is 1. The standard InChI is InChI=1S/C18H28N6O8S/c1-33-3-2-10(19)15(28)22-11(5-14(26)27)16(29)24-13(7-25)17(30)23-12(18(31)32)4-9-6-20-8-21-9/h6,8,10-13,25H,2-5,7,19H2,1H3,(H,20,21)(H,22,28)(H,23,30)(H,24,29)(H,26,27)(H,31,32). The van der Waals surface area contributed by atoms with Crippen LogP contribution in [0.2, 0.25) is 0 Å². The van der Waals surface area contributed by atoms with E-state index >= 15 is 0 Å². The molecule has 0 spiro atoms. The number of rotatable bonds is 15. The lowest BCUT2D eigenvalue weighted by molar-refractivity contribution is -0.143. The number of imidazole rings is 1. The van der Waals surface area contributed by atoms with Crippen LogP contribution in [-0.4, -0.2) is 97.7 Å². The van der Waals surface area contributed by atoms with Gasteiger partial charge in [-0.25, -0.2) is 9.78 Å². The minimum absolute atomic E-state index is 0.140. The molecule has 33 heavy (non-hydrogen) atoms. The summed E-state index contributed by atoms with van der Waals surface area (Å²) in [5.41, 5.74) is 6.15. The van der Waals surface area contributed by atoms with E-state index in [4.69, 9.17) is 10.8 Å². The molecule has 0 saturated heterocycles. The summed E-state index contributed by atoms with van der Waals surface area (Å²) in [5.74, 6) is -5.02. The summed E-state index contributed by atoms with van der Waals surface area (Å²) in [6.45, 7) is -0.908. The fourth-order valence-electron chi connectivity index (χ4n) is 2.59. The van der Waals surface area contributed by atoms with E-state index in [0.29, 0.717) is 17.9 Å². The van der Waals surface area contributed by atoms with Gasteiger partial charge in [0, 0.05) is 18.3 Å². The summed E-state index contributed by atoms with van der Waals surface area (Å²) < 4.78 is 0. The van der Waals surface area contributed by atoms with Crippen LogP contribution < -0.4 is 21.7 Å². The molecule has 4 atom stereocenters. The van der Waals surface area contributed by atoms with Crippen LogP contribution in [0.15, 0.2) is 12.5 Å². The molecule has 1 heterocycles. The van der Waals surface area contributed by atoms with E-state index in [-0.39, 0.29) is 6.42 Å². The molecule has 0 aliphatic rings. The topological polar surface area (TPSA) is 237 Å². The van der Waals surface area contributed by atoms with Crippen LogP contribution in [0.5, 0.6) is 0 Å². The zero-order valence-corrected chi connectivity index (χ0v) is 18.6. The van der Waals surface area contributed by atoms with E-state index in [1.54, 1.807) is 0 Å². The van der Waals surface area contributed by atoms with Crippen molar-refractivity contribution in [2.24, 2.45) is 5.73 Å². The summed E-state index contributed by atoms with van der Waals surface area (Å²) in [5, 5.41) is 34.5. The van der Waals surface area contributed by atoms with Gasteiger partial charge >= 0.3 is 11.9 Å². The van der Waals surface area contributed by atoms with Crippen LogP contribution >= 0.6 is 11.8 Å². The molecule has 15 heteroatoms. The number of nitrogens with one attached hydrogen (secondary N) is 4. The monoisotopic (exact) mass is 488 g/mol. The van der Waals surface area contributed by atoms with Crippen molar-refractivity contribution in [2.75, 3.05) is 18.6 Å². The van der Waals surface area contributed by atoms with E-state index in [0.717, 1.165) is 0 Å². The highest BCUT2D eigenvalue weighted by Gasteiger charge is 2.31. The number of amides is 3. The van der Waals surface area contributed by atoms with E-state index in [2.05, 4.69) is 25.9 Å². The Morgan fingerprint density at radius 1 is 1.06 bits per heavy atom. The number of carboxylic acid groups (broad SMARTS) is 2. The molecule has 0 saturated carbocycles. The predicted octanol–water partition coefficient (Wildman–Crippen LogP) is -2.96. The third-order valence-corrected chi connectivity index (χ3v) is 5.03. The van der Waals surface area contributed by atoms with Crippen molar-refractivity contribution in [2.45, 2.75) is 43.4 Å². The highest BCUT2D eigenvalue weighted by molar-refractivity contribution is 7.98. The number of carboxylic acids is 2. The Labute approximate surface area is 193 Å². The van der Waals surface area contributed by atoms with E-state index in [9.17, 15) is 34.2 Å². The van der Waals surface area contributed by atoms with Crippen molar-refractivity contribution in [3.63, 3.8) is 0 Å². The number of hydrogen-bond donors (Lipinski definition) is 8. The van der Waals surface area contributed by atoms with Gasteiger partial charge in [-0.15, -0.1) is 0 Å². The molecule has 9 N–H and O–H groups in total. The maximum atomic E-state index is 12.5. The molecule has 0 fully saturated rings. The van der Waals surface area contributed by atoms with Crippen molar-refractivity contribution < 1.29 is 39.3 Å². The molecule has 3 amide bonds. The quantitative estimate of drug-likeness (QED) is 0.124. The van der Waals surface area contributed by atoms with E-state index in [1.165, 1.54) is 24.3 Å². The molecule has 184 valence electrons. The van der Waals surface area contributed by atoms with E-state index in [1.807, 2.05) is 6.26 Å². The molecule has 0 bridgehead atoms. The first kappa shape index (κ1) is 27.9. The Bertz CT molecular complexity index is 821. The Morgan fingerprint density at radius 3 is 2.18 bits per heavy atom. The average Bonchev–Trinajstić information content (AvgIpc) is 3.27. The molecule has 1 aromatic rings. The predicted molar refractivity (Wildman–Crippen MR) is 116 cm³/mol. The van der Waals surface area contributed by atoms with Crippen LogP contribution in [0.25, 0.3) is 0 Å². The number of aliphatic hydroxyl groups excluding tert-OH is 1. The summed E-state index contributed by atoms with van der Waals surface area (Å²) in [6, 6.07) is -5.54. The lowest BCUT2D eigenvalue weighted by atomic mass is 10.1. The fourth-order valence-corrected chi connectivity index (χ4v) is 3.08. The number of thioether (sulfide) groups is 1. The van der Waals surface area contributed by atoms with Gasteiger partial charge in [0.05, 0.1) is 25.4 Å². The van der Waals surface area contributed by atoms with Gasteiger partial charge in [-0.05, 0) is 18.4 Å². The van der Waals surface area contributed by atoms with Gasteiger partial charge in [-0.1, -0.05) is 0 Å². The van der Waals surface area contributed by atoms with Gasteiger partial charge < -0.3 is 42.0 Å². The first-order valence-electron chi connectivity index (χ1n) is 9.77. The van der Waals surface area contributed by atoms with E-state index < -0.39 is 66.9 Å². The number of nitrogens with zero attached hydrogens (tertiary/aromatic N) is 1. The van der Waals surface area contributed by atoms with Crippen molar-refractivity contribution in [1.82, 2.24) is 25.9 Å². The summed E-state index contributed by atoms with van der Waals surface area (Å²) in [4.78, 5) is 66.2. The molecule has 0 aliphatic heterocycles. The minimum Gasteiger partial charge on any atom is -0.481 e. The third-order valence-electron chi connectivity index (χ3n) is 4.39. The van der Waals surface area contributed by atoms with Crippen molar-refractivity contribution >= 4 is 41.4 Å². The minimum atomic E-state index is -1.60. The number of carbonyl (C=O) groups excluding carboxylic acids is 3. The van der Waals surface area contributed by atoms with Gasteiger partial charge in [0.1, 0.15) is 18.1 Å². The molecule has 1 aromatic heterocycles. The lowest BCUT2D eigenvalue weighted by Crippen LogP contribution is -2.58. The number of aromatic nitrogens is 2. The largest absolute Gasteiger partial charge is 0.481 e. The smallest absolute Gasteiger partial charge is 0.326 e. The van der Waals surface area contributed by atoms with Crippen LogP contribution in [0, 0.1) is 0 Å². The van der Waals surface area contributed by atoms with Gasteiger partial charge in [-0.3, -0.25) is 19.2 Å². The van der Waals surface area contributed by atoms with Crippen LogP contribution in [-0.2, 0) is 30.4 Å². The second kappa shape index (κ2) is 14.1. The number of hydrogen-bond acceptors (Lipinski definition) is 9. The number of H-pyrrole nitrogens is 1. The van der Waals surface area contributed by atoms with Crippen molar-refractivity contribution in [3.8, 4) is 0 Å². The SMILES string of the molecule is CSCCC(N)C(=O)NC(CC(=O)O)C(=O)NC(CO)C(=O)NC(Cc1cnc[nH]1)C(=O)O. The maximum Gasteiger partial charge on any atom is 0.326 e. The fraction of sp³-hybridized carbons (Fsp3) is 0.556. The third kappa shape index (κ3) is 9.88. The van der Waals surface area contributed by atoms with Crippen molar-refractivity contribution in [3.05, 3.63) is 18.2 Å². The molecule has 0 radical (unpaired) electrons. The number of nitrogens with two attached hydrogens (primary N) is 1. The normalized spacial score (nSPS) is 14.4. The van der Waals surface area contributed by atoms with Crippen LogP contribution in [0.1, 0.15) is 18.5 Å². The average molecular weight is 489 g/mol. The van der Waals surface area contributed by atoms with Gasteiger partial charge in [0.25, 0.3) is 0 Å². The molecule has 14 nitrogen and oxygen atoms in total. The molecule has 0 aromatic carbocycles. The first-order chi connectivity index (χ1) is 15.6. The molecule has 1 rings (SSSR count). The summed E-state index contributed by atoms with van der Waals surface area (Å²) >= 11 is 1.45. The number of aliphatic hydroxyl groups is 1. The zero-order chi connectivity index (χ0) is 25.0. The second-order valence-electron chi connectivity index (χ2n) is 6.97. The second-order valence-corrected chi connectivity index (χ2v) is 7.96. The molecular formula is C18H28N6O8S. The highest BCUT2D eigenvalue weighted by atomic mass is 32.2. The van der Waals surface area contributed by atoms with Crippen molar-refractivity contribution in [1.29, 1.82) is 0 Å². The van der Waals surface area contributed by atoms with Crippen LogP contribution in [0.3, 0.4) is 0 Å². The van der Waals surface area contributed by atoms with Gasteiger partial charge in [0.15, 0.2) is 0 Å². The highest BCUT2D eigenvalue weighted by Crippen LogP contribution is 2.03. The van der Waals surface area contributed by atoms with Gasteiger partial charge in [0.2, 0.25) is 17.7 Å². The Balaban J connectivity index is 2.82. The lowest BCUT2D eigenvalue weighted by Gasteiger charge is -2.23. The zero-order valence-electron chi connectivity index (χ0n) is 17.8. The molecule has 4 unspecified atom stereocenters. The molecular weight excluding hydrogens is 460 g/mol. The summed E-state index contributed by atoms with van der Waals surface area (Å²) in [7, 11) is 0. The number of carbonyl (C=O) groups is 5.